The molecule has 0 aliphatic carbocycles. The fourth-order valence-electron chi connectivity index (χ4n) is 2.21. The lowest BCUT2D eigenvalue weighted by atomic mass is 10.1. The van der Waals surface area contributed by atoms with Gasteiger partial charge in [-0.15, -0.1) is 0 Å². The highest BCUT2D eigenvalue weighted by Gasteiger charge is 2.29. The zero-order valence-electron chi connectivity index (χ0n) is 17.2. The van der Waals surface area contributed by atoms with Gasteiger partial charge in [0.1, 0.15) is 18.1 Å². The van der Waals surface area contributed by atoms with E-state index < -0.39 is 60.2 Å². The van der Waals surface area contributed by atoms with Gasteiger partial charge >= 0.3 is 11.9 Å². The number of carboxylic acid groups (broad SMARTS) is 2. The molecule has 0 aliphatic rings. The predicted molar refractivity (Wildman–Crippen MR) is 115 cm³/mol. The van der Waals surface area contributed by atoms with Crippen LogP contribution in [-0.4, -0.2) is 88.1 Å². The zero-order chi connectivity index (χ0) is 23.3. The highest BCUT2D eigenvalue weighted by molar-refractivity contribution is 7.98. The molecule has 0 rings (SSSR count). The predicted octanol–water partition coefficient (Wildman–Crippen LogP) is -1.15. The molecule has 0 aromatic carbocycles. The number of amides is 3. The van der Waals surface area contributed by atoms with Gasteiger partial charge in [0.15, 0.2) is 0 Å². The summed E-state index contributed by atoms with van der Waals surface area (Å²) < 4.78 is 0. The number of hydrogen-bond acceptors (Lipinski definition) is 8. The Bertz CT molecular complexity index is 621. The number of rotatable bonds is 15. The van der Waals surface area contributed by atoms with E-state index >= 15 is 0 Å². The normalized spacial score (nSPS) is 14.7. The number of aliphatic carboxylic acids is 2. The number of nitrogens with one attached hydrogen (secondary N) is 3. The Morgan fingerprint density at radius 1 is 0.833 bits per heavy atom. The molecule has 0 saturated carbocycles. The quantitative estimate of drug-likeness (QED) is 0.172. The molecule has 13 heteroatoms. The molecule has 0 aromatic rings. The molecule has 0 spiro atoms. The van der Waals surface area contributed by atoms with Crippen molar-refractivity contribution in [1.29, 1.82) is 0 Å². The van der Waals surface area contributed by atoms with Crippen LogP contribution in [0.5, 0.6) is 0 Å². The van der Waals surface area contributed by atoms with Gasteiger partial charge in [0, 0.05) is 0 Å². The van der Waals surface area contributed by atoms with Crippen LogP contribution in [0.2, 0.25) is 0 Å². The lowest BCUT2D eigenvalue weighted by Crippen LogP contribution is -2.56. The van der Waals surface area contributed by atoms with E-state index in [1.54, 1.807) is 11.8 Å². The summed E-state index contributed by atoms with van der Waals surface area (Å²) in [6.07, 6.45) is 3.67. The van der Waals surface area contributed by atoms with Crippen molar-refractivity contribution in [1.82, 2.24) is 16.0 Å². The second-order valence-corrected chi connectivity index (χ2v) is 8.43. The third-order valence-electron chi connectivity index (χ3n) is 3.96. The molecule has 3 amide bonds. The number of carbonyl (C=O) groups excluding carboxylic acids is 3. The summed E-state index contributed by atoms with van der Waals surface area (Å²) in [6.45, 7) is 1.32. The van der Waals surface area contributed by atoms with Crippen molar-refractivity contribution in [3.05, 3.63) is 0 Å². The van der Waals surface area contributed by atoms with Crippen LogP contribution in [-0.2, 0) is 24.0 Å². The van der Waals surface area contributed by atoms with E-state index in [-0.39, 0.29) is 0 Å². The smallest absolute Gasteiger partial charge is 0.326 e. The number of carboxylic acids is 2. The van der Waals surface area contributed by atoms with E-state index in [4.69, 9.17) is 15.9 Å². The molecule has 7 N–H and O–H groups in total. The summed E-state index contributed by atoms with van der Waals surface area (Å²) in [6, 6.07) is -4.47. The van der Waals surface area contributed by atoms with Crippen molar-refractivity contribution in [2.75, 3.05) is 24.0 Å². The summed E-state index contributed by atoms with van der Waals surface area (Å²) >= 11 is 3.02. The zero-order valence-corrected chi connectivity index (χ0v) is 18.8. The van der Waals surface area contributed by atoms with E-state index in [1.165, 1.54) is 18.7 Å². The van der Waals surface area contributed by atoms with Crippen molar-refractivity contribution in [3.63, 3.8) is 0 Å². The Labute approximate surface area is 183 Å². The van der Waals surface area contributed by atoms with E-state index in [9.17, 15) is 24.0 Å². The Kier molecular flexibility index (Phi) is 13.9. The summed E-state index contributed by atoms with van der Waals surface area (Å²) in [5.74, 6) is -3.60. The lowest BCUT2D eigenvalue weighted by Gasteiger charge is -2.23. The standard InChI is InChI=1S/C17H30N4O7S2/c1-9(14(24)21-12(17(27)28)8-13(22)23)19-16(26)11(5-7-30-3)20-15(25)10(18)4-6-29-2/h9-12H,4-8,18H2,1-3H3,(H,19,26)(H,20,25)(H,21,24)(H,22,23)(H,27,28). The Morgan fingerprint density at radius 2 is 1.37 bits per heavy atom. The van der Waals surface area contributed by atoms with Gasteiger partial charge in [0.2, 0.25) is 17.7 Å². The first-order valence-electron chi connectivity index (χ1n) is 9.12. The fourth-order valence-corrected chi connectivity index (χ4v) is 3.17. The number of carbonyl (C=O) groups is 5. The van der Waals surface area contributed by atoms with E-state index in [0.29, 0.717) is 24.3 Å². The van der Waals surface area contributed by atoms with Crippen LogP contribution in [0, 0.1) is 0 Å². The van der Waals surface area contributed by atoms with Gasteiger partial charge in [-0.1, -0.05) is 0 Å². The van der Waals surface area contributed by atoms with E-state index in [2.05, 4.69) is 16.0 Å². The summed E-state index contributed by atoms with van der Waals surface area (Å²) in [4.78, 5) is 58.8. The maximum absolute atomic E-state index is 12.6. The third kappa shape index (κ3) is 11.3. The molecular formula is C17H30N4O7S2. The fraction of sp³-hybridized carbons (Fsp3) is 0.706. The Hall–Kier alpha value is -1.99. The van der Waals surface area contributed by atoms with Gasteiger partial charge in [-0.2, -0.15) is 23.5 Å². The van der Waals surface area contributed by atoms with Crippen LogP contribution < -0.4 is 21.7 Å². The minimum absolute atomic E-state index is 0.305. The molecule has 4 atom stereocenters. The highest BCUT2D eigenvalue weighted by Crippen LogP contribution is 2.04. The van der Waals surface area contributed by atoms with Gasteiger partial charge in [-0.05, 0) is 43.8 Å². The van der Waals surface area contributed by atoms with Crippen LogP contribution in [0.1, 0.15) is 26.2 Å². The molecule has 0 radical (unpaired) electrons. The van der Waals surface area contributed by atoms with Gasteiger partial charge in [0.25, 0.3) is 0 Å². The first-order valence-corrected chi connectivity index (χ1v) is 11.9. The monoisotopic (exact) mass is 466 g/mol. The molecule has 0 heterocycles. The Balaban J connectivity index is 4.98. The van der Waals surface area contributed by atoms with Crippen LogP contribution in [0.4, 0.5) is 0 Å². The molecule has 4 unspecified atom stereocenters. The highest BCUT2D eigenvalue weighted by atomic mass is 32.2. The average Bonchev–Trinajstić information content (AvgIpc) is 2.67. The molecule has 0 saturated heterocycles. The van der Waals surface area contributed by atoms with Crippen molar-refractivity contribution in [3.8, 4) is 0 Å². The lowest BCUT2D eigenvalue weighted by molar-refractivity contribution is -0.147. The molecule has 0 aromatic heterocycles. The number of nitrogens with two attached hydrogens (primary N) is 1. The Morgan fingerprint density at radius 3 is 1.87 bits per heavy atom. The van der Waals surface area contributed by atoms with Crippen LogP contribution >= 0.6 is 23.5 Å². The molecule has 0 aliphatic heterocycles. The summed E-state index contributed by atoms with van der Waals surface area (Å²) in [5, 5.41) is 24.8. The van der Waals surface area contributed by atoms with Gasteiger partial charge in [-0.3, -0.25) is 19.2 Å². The summed E-state index contributed by atoms with van der Waals surface area (Å²) in [5.41, 5.74) is 5.82. The van der Waals surface area contributed by atoms with Gasteiger partial charge in [0.05, 0.1) is 12.5 Å². The van der Waals surface area contributed by atoms with Gasteiger partial charge < -0.3 is 31.9 Å². The van der Waals surface area contributed by atoms with Crippen molar-refractivity contribution < 1.29 is 34.2 Å². The second kappa shape index (κ2) is 14.9. The SMILES string of the molecule is CSCCC(N)C(=O)NC(CCSC)C(=O)NC(C)C(=O)NC(CC(=O)O)C(=O)O. The maximum atomic E-state index is 12.6. The van der Waals surface area contributed by atoms with E-state index in [0.717, 1.165) is 0 Å². The second-order valence-electron chi connectivity index (χ2n) is 6.46. The molecule has 0 fully saturated rings. The topological polar surface area (TPSA) is 188 Å². The minimum atomic E-state index is -1.63. The average molecular weight is 467 g/mol. The minimum Gasteiger partial charge on any atom is -0.481 e. The number of hydrogen-bond donors (Lipinski definition) is 6. The van der Waals surface area contributed by atoms with Crippen LogP contribution in [0.3, 0.4) is 0 Å². The van der Waals surface area contributed by atoms with Crippen LogP contribution in [0.15, 0.2) is 0 Å². The van der Waals surface area contributed by atoms with E-state index in [1.807, 2.05) is 12.5 Å². The number of thioether (sulfide) groups is 2. The third-order valence-corrected chi connectivity index (χ3v) is 5.25. The largest absolute Gasteiger partial charge is 0.481 e. The molecule has 30 heavy (non-hydrogen) atoms. The van der Waals surface area contributed by atoms with Crippen LogP contribution in [0.25, 0.3) is 0 Å². The molecule has 0 bridgehead atoms. The van der Waals surface area contributed by atoms with Gasteiger partial charge in [-0.25, -0.2) is 4.79 Å². The maximum Gasteiger partial charge on any atom is 0.326 e. The summed E-state index contributed by atoms with van der Waals surface area (Å²) in [7, 11) is 0. The molecule has 172 valence electrons. The van der Waals surface area contributed by atoms with Crippen molar-refractivity contribution in [2.45, 2.75) is 50.4 Å². The first-order chi connectivity index (χ1) is 14.0. The first kappa shape index (κ1) is 28.0. The molecule has 11 nitrogen and oxygen atoms in total. The van der Waals surface area contributed by atoms with Crippen molar-refractivity contribution in [2.24, 2.45) is 5.73 Å². The molecular weight excluding hydrogens is 436 g/mol. The van der Waals surface area contributed by atoms with Crippen molar-refractivity contribution >= 4 is 53.2 Å².